The molecule has 6 nitrogen and oxygen atoms in total. The Balaban J connectivity index is 1.78. The maximum absolute atomic E-state index is 13.8. The van der Waals surface area contributed by atoms with Gasteiger partial charge in [0.2, 0.25) is 0 Å². The second kappa shape index (κ2) is 5.90. The van der Waals surface area contributed by atoms with E-state index in [9.17, 15) is 4.39 Å². The first kappa shape index (κ1) is 16.0. The Morgan fingerprint density at radius 3 is 2.93 bits per heavy atom. The number of aromatic nitrogens is 6. The molecule has 5 aromatic rings. The number of nitrogens with one attached hydrogen (secondary N) is 1. The molecule has 0 atom stereocenters. The van der Waals surface area contributed by atoms with Crippen molar-refractivity contribution in [1.82, 2.24) is 29.3 Å². The number of halogens is 1. The zero-order chi connectivity index (χ0) is 18.5. The molecule has 1 N–H and O–H groups in total. The Kier molecular flexibility index (Phi) is 3.50. The Morgan fingerprint density at radius 1 is 1.19 bits per heavy atom. The van der Waals surface area contributed by atoms with Gasteiger partial charge in [-0.25, -0.2) is 14.4 Å². The number of unbranched alkanes of at least 4 members (excludes halogenated alkanes) is 1. The van der Waals surface area contributed by atoms with Crippen molar-refractivity contribution >= 4 is 33.1 Å². The minimum atomic E-state index is -0.267. The Hall–Kier alpha value is -3.22. The quantitative estimate of drug-likeness (QED) is 0.512. The third kappa shape index (κ3) is 2.34. The number of H-pyrrole nitrogens is 1. The summed E-state index contributed by atoms with van der Waals surface area (Å²) < 4.78 is 18.0. The van der Waals surface area contributed by atoms with E-state index in [-0.39, 0.29) is 5.82 Å². The van der Waals surface area contributed by atoms with Gasteiger partial charge in [-0.05, 0) is 37.6 Å². The molecule has 4 aromatic heterocycles. The lowest BCUT2D eigenvalue weighted by Gasteiger charge is -2.10. The van der Waals surface area contributed by atoms with Gasteiger partial charge in [-0.15, -0.1) is 0 Å². The number of pyridine rings is 1. The van der Waals surface area contributed by atoms with Crippen LogP contribution in [0.1, 0.15) is 25.5 Å². The Morgan fingerprint density at radius 2 is 2.07 bits per heavy atom. The SMILES string of the molecule is CCCCn1cnc2cc(-n3c4ccc(F)cc4c4[nH]ncc43)c(C)nc21. The van der Waals surface area contributed by atoms with Crippen LogP contribution in [-0.4, -0.2) is 29.3 Å². The largest absolute Gasteiger partial charge is 0.315 e. The molecule has 0 saturated carbocycles. The van der Waals surface area contributed by atoms with Gasteiger partial charge in [-0.3, -0.25) is 5.10 Å². The summed E-state index contributed by atoms with van der Waals surface area (Å²) in [5.41, 5.74) is 6.20. The van der Waals surface area contributed by atoms with Crippen molar-refractivity contribution in [2.24, 2.45) is 0 Å². The Labute approximate surface area is 154 Å². The van der Waals surface area contributed by atoms with E-state index in [1.165, 1.54) is 12.1 Å². The summed E-state index contributed by atoms with van der Waals surface area (Å²) in [5.74, 6) is -0.267. The average molecular weight is 362 g/mol. The second-order valence-corrected chi connectivity index (χ2v) is 6.85. The fraction of sp³-hybridized carbons (Fsp3) is 0.250. The average Bonchev–Trinajstić information content (AvgIpc) is 3.34. The lowest BCUT2D eigenvalue weighted by Crippen LogP contribution is -2.02. The molecular formula is C20H19FN6. The second-order valence-electron chi connectivity index (χ2n) is 6.85. The number of aromatic amines is 1. The highest BCUT2D eigenvalue weighted by molar-refractivity contribution is 6.07. The van der Waals surface area contributed by atoms with E-state index in [1.807, 2.05) is 13.3 Å². The number of aryl methyl sites for hydroxylation is 2. The van der Waals surface area contributed by atoms with Crippen LogP contribution < -0.4 is 0 Å². The topological polar surface area (TPSA) is 64.3 Å². The van der Waals surface area contributed by atoms with Gasteiger partial charge >= 0.3 is 0 Å². The minimum absolute atomic E-state index is 0.267. The zero-order valence-corrected chi connectivity index (χ0v) is 15.2. The summed E-state index contributed by atoms with van der Waals surface area (Å²) in [6.45, 7) is 5.08. The standard InChI is InChI=1S/C20H19FN6/c1-3-4-7-26-11-22-15-9-17(12(2)24-20(15)26)27-16-6-5-13(21)8-14(16)19-18(27)10-23-25-19/h5-6,8-11H,3-4,7H2,1-2H3,(H,23,25). The van der Waals surface area contributed by atoms with E-state index >= 15 is 0 Å². The van der Waals surface area contributed by atoms with Gasteiger partial charge in [0.25, 0.3) is 0 Å². The number of hydrogen-bond acceptors (Lipinski definition) is 3. The van der Waals surface area contributed by atoms with Crippen molar-refractivity contribution in [3.8, 4) is 5.69 Å². The Bertz CT molecular complexity index is 1290. The van der Waals surface area contributed by atoms with Crippen LogP contribution in [-0.2, 0) is 6.54 Å². The summed E-state index contributed by atoms with van der Waals surface area (Å²) in [6.07, 6.45) is 5.84. The predicted molar refractivity (Wildman–Crippen MR) is 104 cm³/mol. The molecule has 1 aromatic carbocycles. The van der Waals surface area contributed by atoms with Gasteiger partial charge in [0.15, 0.2) is 5.65 Å². The normalized spacial score (nSPS) is 12.0. The first-order valence-electron chi connectivity index (χ1n) is 9.13. The number of imidazole rings is 1. The highest BCUT2D eigenvalue weighted by Gasteiger charge is 2.18. The molecule has 0 aliphatic rings. The van der Waals surface area contributed by atoms with Crippen LogP contribution in [0.4, 0.5) is 4.39 Å². The third-order valence-electron chi connectivity index (χ3n) is 5.08. The fourth-order valence-electron chi connectivity index (χ4n) is 3.72. The number of rotatable bonds is 4. The maximum Gasteiger partial charge on any atom is 0.160 e. The molecule has 0 spiro atoms. The molecule has 4 heterocycles. The fourth-order valence-corrected chi connectivity index (χ4v) is 3.72. The predicted octanol–water partition coefficient (Wildman–Crippen LogP) is 4.50. The minimum Gasteiger partial charge on any atom is -0.315 e. The molecule has 0 aliphatic carbocycles. The van der Waals surface area contributed by atoms with E-state index in [4.69, 9.17) is 4.98 Å². The lowest BCUT2D eigenvalue weighted by atomic mass is 10.2. The van der Waals surface area contributed by atoms with Crippen molar-refractivity contribution in [2.45, 2.75) is 33.2 Å². The van der Waals surface area contributed by atoms with Crippen LogP contribution in [0.2, 0.25) is 0 Å². The van der Waals surface area contributed by atoms with Gasteiger partial charge < -0.3 is 9.13 Å². The van der Waals surface area contributed by atoms with Crippen molar-refractivity contribution in [2.75, 3.05) is 0 Å². The van der Waals surface area contributed by atoms with E-state index in [2.05, 4.69) is 37.3 Å². The molecule has 0 aliphatic heterocycles. The van der Waals surface area contributed by atoms with E-state index in [0.29, 0.717) is 0 Å². The summed E-state index contributed by atoms with van der Waals surface area (Å²) in [6, 6.07) is 6.86. The molecule has 0 amide bonds. The monoisotopic (exact) mass is 362 g/mol. The van der Waals surface area contributed by atoms with Crippen molar-refractivity contribution in [1.29, 1.82) is 0 Å². The van der Waals surface area contributed by atoms with Crippen molar-refractivity contribution < 1.29 is 4.39 Å². The summed E-state index contributed by atoms with van der Waals surface area (Å²) in [7, 11) is 0. The third-order valence-corrected chi connectivity index (χ3v) is 5.08. The number of benzene rings is 1. The van der Waals surface area contributed by atoms with Crippen LogP contribution >= 0.6 is 0 Å². The molecule has 0 unspecified atom stereocenters. The molecule has 136 valence electrons. The maximum atomic E-state index is 13.8. The van der Waals surface area contributed by atoms with Crippen LogP contribution in [0.3, 0.4) is 0 Å². The highest BCUT2D eigenvalue weighted by Crippen LogP contribution is 2.32. The summed E-state index contributed by atoms with van der Waals surface area (Å²) >= 11 is 0. The summed E-state index contributed by atoms with van der Waals surface area (Å²) in [5, 5.41) is 7.94. The van der Waals surface area contributed by atoms with Gasteiger partial charge in [0, 0.05) is 11.9 Å². The lowest BCUT2D eigenvalue weighted by molar-refractivity contribution is 0.629. The van der Waals surface area contributed by atoms with Crippen LogP contribution in [0.5, 0.6) is 0 Å². The van der Waals surface area contributed by atoms with E-state index in [1.54, 1.807) is 12.3 Å². The molecular weight excluding hydrogens is 343 g/mol. The van der Waals surface area contributed by atoms with E-state index in [0.717, 1.165) is 63.9 Å². The van der Waals surface area contributed by atoms with E-state index < -0.39 is 0 Å². The zero-order valence-electron chi connectivity index (χ0n) is 15.2. The molecule has 27 heavy (non-hydrogen) atoms. The molecule has 0 radical (unpaired) electrons. The molecule has 7 heteroatoms. The van der Waals surface area contributed by atoms with Crippen molar-refractivity contribution in [3.05, 3.63) is 48.3 Å². The van der Waals surface area contributed by atoms with Crippen molar-refractivity contribution in [3.63, 3.8) is 0 Å². The first-order valence-corrected chi connectivity index (χ1v) is 9.13. The molecule has 0 fully saturated rings. The van der Waals surface area contributed by atoms with Gasteiger partial charge in [-0.1, -0.05) is 13.3 Å². The number of nitrogens with zero attached hydrogens (tertiary/aromatic N) is 5. The smallest absolute Gasteiger partial charge is 0.160 e. The van der Waals surface area contributed by atoms with Gasteiger partial charge in [0.1, 0.15) is 11.3 Å². The summed E-state index contributed by atoms with van der Waals surface area (Å²) in [4.78, 5) is 9.38. The highest BCUT2D eigenvalue weighted by atomic mass is 19.1. The number of hydrogen-bond donors (Lipinski definition) is 1. The van der Waals surface area contributed by atoms with Gasteiger partial charge in [0.05, 0.1) is 40.5 Å². The van der Waals surface area contributed by atoms with Crippen LogP contribution in [0.25, 0.3) is 38.8 Å². The first-order chi connectivity index (χ1) is 13.2. The molecule has 0 saturated heterocycles. The molecule has 5 rings (SSSR count). The number of fused-ring (bicyclic) bond motifs is 4. The van der Waals surface area contributed by atoms with Crippen LogP contribution in [0.15, 0.2) is 36.8 Å². The van der Waals surface area contributed by atoms with Gasteiger partial charge in [-0.2, -0.15) is 5.10 Å². The van der Waals surface area contributed by atoms with Crippen LogP contribution in [0, 0.1) is 12.7 Å². The molecule has 0 bridgehead atoms.